The Morgan fingerprint density at radius 2 is 1.91 bits per heavy atom. The zero-order valence-electron chi connectivity index (χ0n) is 18.5. The maximum Gasteiger partial charge on any atom is 0.329 e. The Morgan fingerprint density at radius 3 is 2.71 bits per heavy atom. The Morgan fingerprint density at radius 1 is 1.00 bits per heavy atom. The van der Waals surface area contributed by atoms with Crippen LogP contribution in [0.3, 0.4) is 0 Å². The Kier molecular flexibility index (Phi) is 5.94. The maximum atomic E-state index is 13.2. The monoisotopic (exact) mass is 450 g/mol. The molecule has 5 rings (SSSR count). The van der Waals surface area contributed by atoms with Gasteiger partial charge in [0, 0.05) is 47.7 Å². The number of ether oxygens (including phenoxy) is 1. The molecular formula is C26H22N6O2. The normalized spacial score (nSPS) is 11.8. The Labute approximate surface area is 196 Å². The fourth-order valence-electron chi connectivity index (χ4n) is 4.02. The van der Waals surface area contributed by atoms with E-state index >= 15 is 0 Å². The molecule has 0 saturated heterocycles. The lowest BCUT2D eigenvalue weighted by atomic mass is 10.0. The van der Waals surface area contributed by atoms with Gasteiger partial charge in [0.25, 0.3) is 0 Å². The van der Waals surface area contributed by atoms with Gasteiger partial charge in [-0.2, -0.15) is 0 Å². The van der Waals surface area contributed by atoms with Crippen LogP contribution < -0.4 is 4.90 Å². The van der Waals surface area contributed by atoms with Crippen molar-refractivity contribution in [2.24, 2.45) is 0 Å². The molecule has 168 valence electrons. The molecule has 8 nitrogen and oxygen atoms in total. The van der Waals surface area contributed by atoms with Crippen LogP contribution in [0.25, 0.3) is 22.2 Å². The van der Waals surface area contributed by atoms with Crippen LogP contribution in [0.2, 0.25) is 0 Å². The maximum absolute atomic E-state index is 13.2. The highest BCUT2D eigenvalue weighted by Crippen LogP contribution is 2.30. The standard InChI is InChI=1S/C26H22N6O2/c1-34-26(33)23(14-19-16-29-22-8-3-2-7-20(19)22)32(24-11-13-28-17-30-24)25-10-4-9-21(31-25)18-6-5-12-27-15-18/h2-13,15-17,23,29H,14H2,1H3. The zero-order valence-corrected chi connectivity index (χ0v) is 18.5. The molecule has 0 aliphatic carbocycles. The van der Waals surface area contributed by atoms with E-state index < -0.39 is 12.0 Å². The minimum absolute atomic E-state index is 0.388. The van der Waals surface area contributed by atoms with Crippen LogP contribution >= 0.6 is 0 Å². The number of aromatic amines is 1. The summed E-state index contributed by atoms with van der Waals surface area (Å²) in [6.07, 6.45) is 8.88. The quantitative estimate of drug-likeness (QED) is 0.369. The predicted octanol–water partition coefficient (Wildman–Crippen LogP) is 4.34. The number of anilines is 2. The zero-order chi connectivity index (χ0) is 23.3. The lowest BCUT2D eigenvalue weighted by Gasteiger charge is -2.30. The number of aromatic nitrogens is 5. The lowest BCUT2D eigenvalue weighted by molar-refractivity contribution is -0.142. The van der Waals surface area contributed by atoms with Crippen molar-refractivity contribution in [3.63, 3.8) is 0 Å². The van der Waals surface area contributed by atoms with Gasteiger partial charge in [-0.3, -0.25) is 9.88 Å². The van der Waals surface area contributed by atoms with Crippen molar-refractivity contribution in [2.45, 2.75) is 12.5 Å². The second kappa shape index (κ2) is 9.50. The molecule has 5 aromatic rings. The molecule has 4 heterocycles. The van der Waals surface area contributed by atoms with Gasteiger partial charge in [-0.05, 0) is 42.0 Å². The number of pyridine rings is 2. The molecule has 0 aliphatic rings. The Hall–Kier alpha value is -4.59. The van der Waals surface area contributed by atoms with Gasteiger partial charge in [0.2, 0.25) is 0 Å². The minimum Gasteiger partial charge on any atom is -0.467 e. The van der Waals surface area contributed by atoms with Crippen molar-refractivity contribution in [2.75, 3.05) is 12.0 Å². The van der Waals surface area contributed by atoms with E-state index in [0.717, 1.165) is 27.7 Å². The third-order valence-electron chi connectivity index (χ3n) is 5.62. The number of methoxy groups -OCH3 is 1. The molecule has 1 aromatic carbocycles. The molecule has 0 amide bonds. The van der Waals surface area contributed by atoms with Crippen LogP contribution in [0.5, 0.6) is 0 Å². The van der Waals surface area contributed by atoms with Gasteiger partial charge < -0.3 is 9.72 Å². The van der Waals surface area contributed by atoms with E-state index in [1.54, 1.807) is 29.6 Å². The number of hydrogen-bond acceptors (Lipinski definition) is 7. The number of nitrogens with one attached hydrogen (secondary N) is 1. The smallest absolute Gasteiger partial charge is 0.329 e. The predicted molar refractivity (Wildman–Crippen MR) is 129 cm³/mol. The van der Waals surface area contributed by atoms with Gasteiger partial charge in [0.05, 0.1) is 12.8 Å². The number of carbonyl (C=O) groups excluding carboxylic acids is 1. The molecule has 34 heavy (non-hydrogen) atoms. The van der Waals surface area contributed by atoms with E-state index in [-0.39, 0.29) is 0 Å². The van der Waals surface area contributed by atoms with Gasteiger partial charge >= 0.3 is 5.97 Å². The summed E-state index contributed by atoms with van der Waals surface area (Å²) in [7, 11) is 1.39. The molecule has 8 heteroatoms. The number of benzene rings is 1. The first-order valence-electron chi connectivity index (χ1n) is 10.8. The summed E-state index contributed by atoms with van der Waals surface area (Å²) in [5.41, 5.74) is 3.61. The van der Waals surface area contributed by atoms with E-state index in [9.17, 15) is 4.79 Å². The molecule has 0 spiro atoms. The number of hydrogen-bond donors (Lipinski definition) is 1. The van der Waals surface area contributed by atoms with Crippen molar-refractivity contribution in [3.8, 4) is 11.3 Å². The highest BCUT2D eigenvalue weighted by atomic mass is 16.5. The molecule has 1 unspecified atom stereocenters. The highest BCUT2D eigenvalue weighted by Gasteiger charge is 2.31. The van der Waals surface area contributed by atoms with E-state index in [0.29, 0.717) is 18.1 Å². The SMILES string of the molecule is COC(=O)C(Cc1c[nH]c2ccccc12)N(c1ccncn1)c1cccc(-c2cccnc2)n1. The summed E-state index contributed by atoms with van der Waals surface area (Å²) in [6.45, 7) is 0. The van der Waals surface area contributed by atoms with Gasteiger partial charge in [-0.15, -0.1) is 0 Å². The molecule has 0 aliphatic heterocycles. The highest BCUT2D eigenvalue weighted by molar-refractivity contribution is 5.87. The van der Waals surface area contributed by atoms with Crippen molar-refractivity contribution in [3.05, 3.63) is 97.3 Å². The van der Waals surface area contributed by atoms with E-state index in [1.165, 1.54) is 13.4 Å². The molecule has 4 aromatic heterocycles. The van der Waals surface area contributed by atoms with Gasteiger partial charge in [0.1, 0.15) is 24.0 Å². The minimum atomic E-state index is -0.712. The molecule has 0 fully saturated rings. The number of para-hydroxylation sites is 1. The van der Waals surface area contributed by atoms with Crippen LogP contribution in [0.4, 0.5) is 11.6 Å². The van der Waals surface area contributed by atoms with Crippen molar-refractivity contribution in [1.82, 2.24) is 24.9 Å². The van der Waals surface area contributed by atoms with E-state index in [2.05, 4.69) is 19.9 Å². The van der Waals surface area contributed by atoms with Crippen molar-refractivity contribution in [1.29, 1.82) is 0 Å². The number of esters is 1. The molecule has 0 saturated carbocycles. The number of H-pyrrole nitrogens is 1. The van der Waals surface area contributed by atoms with Crippen LogP contribution in [-0.4, -0.2) is 44.0 Å². The molecule has 1 N–H and O–H groups in total. The van der Waals surface area contributed by atoms with Crippen molar-refractivity contribution >= 4 is 28.5 Å². The summed E-state index contributed by atoms with van der Waals surface area (Å²) in [4.78, 5) is 35.8. The molecule has 0 radical (unpaired) electrons. The fraction of sp³-hybridized carbons (Fsp3) is 0.115. The van der Waals surface area contributed by atoms with Crippen LogP contribution in [-0.2, 0) is 16.0 Å². The topological polar surface area (TPSA) is 96.9 Å². The number of nitrogens with zero attached hydrogens (tertiary/aromatic N) is 5. The lowest BCUT2D eigenvalue weighted by Crippen LogP contribution is -2.41. The van der Waals surface area contributed by atoms with Crippen molar-refractivity contribution < 1.29 is 9.53 Å². The second-order valence-electron chi connectivity index (χ2n) is 7.66. The third kappa shape index (κ3) is 4.21. The van der Waals surface area contributed by atoms with Crippen LogP contribution in [0.15, 0.2) is 91.8 Å². The van der Waals surface area contributed by atoms with Crippen LogP contribution in [0.1, 0.15) is 5.56 Å². The summed E-state index contributed by atoms with van der Waals surface area (Å²) in [6, 6.07) is 18.5. The molecular weight excluding hydrogens is 428 g/mol. The van der Waals surface area contributed by atoms with Gasteiger partial charge in [-0.1, -0.05) is 24.3 Å². The van der Waals surface area contributed by atoms with E-state index in [4.69, 9.17) is 9.72 Å². The average Bonchev–Trinajstić information content (AvgIpc) is 3.32. The Bertz CT molecular complexity index is 1400. The van der Waals surface area contributed by atoms with E-state index in [1.807, 2.05) is 60.8 Å². The molecule has 0 bridgehead atoms. The van der Waals surface area contributed by atoms with Gasteiger partial charge in [0.15, 0.2) is 0 Å². The fourth-order valence-corrected chi connectivity index (χ4v) is 4.02. The molecule has 1 atom stereocenters. The first-order chi connectivity index (χ1) is 16.7. The Balaban J connectivity index is 1.62. The number of carbonyl (C=O) groups is 1. The summed E-state index contributed by atoms with van der Waals surface area (Å²) >= 11 is 0. The van der Waals surface area contributed by atoms with Gasteiger partial charge in [-0.25, -0.2) is 19.7 Å². The third-order valence-corrected chi connectivity index (χ3v) is 5.62. The van der Waals surface area contributed by atoms with Crippen LogP contribution in [0, 0.1) is 0 Å². The summed E-state index contributed by atoms with van der Waals surface area (Å²) in [5.74, 6) is 0.717. The number of rotatable bonds is 7. The second-order valence-corrected chi connectivity index (χ2v) is 7.66. The summed E-state index contributed by atoms with van der Waals surface area (Å²) < 4.78 is 5.24. The first-order valence-corrected chi connectivity index (χ1v) is 10.8. The summed E-state index contributed by atoms with van der Waals surface area (Å²) in [5, 5.41) is 1.05. The average molecular weight is 451 g/mol. The largest absolute Gasteiger partial charge is 0.467 e. The first kappa shape index (κ1) is 21.3. The number of fused-ring (bicyclic) bond motifs is 1.